The topological polar surface area (TPSA) is 76.4 Å². The first-order valence-corrected chi connectivity index (χ1v) is 9.48. The van der Waals surface area contributed by atoms with Crippen molar-refractivity contribution < 1.29 is 14.6 Å². The van der Waals surface area contributed by atoms with Gasteiger partial charge in [-0.25, -0.2) is 0 Å². The van der Waals surface area contributed by atoms with Gasteiger partial charge in [0, 0.05) is 17.4 Å². The van der Waals surface area contributed by atoms with E-state index in [0.717, 1.165) is 16.9 Å². The molecular weight excluding hydrogens is 378 g/mol. The molecule has 0 radical (unpaired) electrons. The minimum Gasteiger partial charge on any atom is -0.508 e. The predicted molar refractivity (Wildman–Crippen MR) is 116 cm³/mol. The van der Waals surface area contributed by atoms with Crippen LogP contribution in [0.3, 0.4) is 0 Å². The van der Waals surface area contributed by atoms with Gasteiger partial charge in [0.2, 0.25) is 0 Å². The summed E-state index contributed by atoms with van der Waals surface area (Å²) in [4.78, 5) is 13.0. The molecule has 3 aromatic carbocycles. The number of nitrogens with one attached hydrogen (secondary N) is 1. The molecule has 6 nitrogen and oxygen atoms in total. The maximum Gasteiger partial charge on any atom is 0.259 e. The smallest absolute Gasteiger partial charge is 0.259 e. The summed E-state index contributed by atoms with van der Waals surface area (Å²) in [7, 11) is 1.61. The van der Waals surface area contributed by atoms with Crippen LogP contribution in [0.4, 0.5) is 5.69 Å². The molecular formula is C24H21N3O3. The van der Waals surface area contributed by atoms with Crippen molar-refractivity contribution in [2.24, 2.45) is 0 Å². The third kappa shape index (κ3) is 4.33. The zero-order valence-corrected chi connectivity index (χ0v) is 16.4. The van der Waals surface area contributed by atoms with Crippen molar-refractivity contribution >= 4 is 11.6 Å². The predicted octanol–water partition coefficient (Wildman–Crippen LogP) is 4.56. The molecule has 0 saturated carbocycles. The van der Waals surface area contributed by atoms with Crippen molar-refractivity contribution in [1.29, 1.82) is 0 Å². The molecule has 6 heteroatoms. The first-order valence-electron chi connectivity index (χ1n) is 9.48. The Morgan fingerprint density at radius 2 is 1.70 bits per heavy atom. The summed E-state index contributed by atoms with van der Waals surface area (Å²) in [6, 6.07) is 23.7. The number of rotatable bonds is 6. The summed E-state index contributed by atoms with van der Waals surface area (Å²) in [5.74, 6) is 0.603. The van der Waals surface area contributed by atoms with Crippen LogP contribution in [0.15, 0.2) is 85.1 Å². The number of nitrogens with zero attached hydrogens (tertiary/aromatic N) is 2. The number of methoxy groups -OCH3 is 1. The van der Waals surface area contributed by atoms with Crippen molar-refractivity contribution in [2.75, 3.05) is 12.4 Å². The lowest BCUT2D eigenvalue weighted by molar-refractivity contribution is 0.102. The standard InChI is InChI=1S/C24H21N3O3/c1-30-21-13-7-18(8-14-21)23-22(24(29)25-19-9-11-20(28)12-10-19)16-27(26-23)15-17-5-3-2-4-6-17/h2-14,16,28H,15H2,1H3,(H,25,29). The minimum absolute atomic E-state index is 0.141. The maximum absolute atomic E-state index is 13.0. The Labute approximate surface area is 174 Å². The van der Waals surface area contributed by atoms with Gasteiger partial charge in [-0.1, -0.05) is 30.3 Å². The summed E-state index contributed by atoms with van der Waals surface area (Å²) in [6.07, 6.45) is 1.75. The number of aromatic nitrogens is 2. The first kappa shape index (κ1) is 19.3. The van der Waals surface area contributed by atoms with E-state index in [1.165, 1.54) is 12.1 Å². The van der Waals surface area contributed by atoms with Crippen LogP contribution in [0.25, 0.3) is 11.3 Å². The highest BCUT2D eigenvalue weighted by molar-refractivity contribution is 6.08. The lowest BCUT2D eigenvalue weighted by Gasteiger charge is -2.06. The fourth-order valence-corrected chi connectivity index (χ4v) is 3.14. The molecule has 0 atom stereocenters. The molecule has 1 heterocycles. The maximum atomic E-state index is 13.0. The van der Waals surface area contributed by atoms with E-state index >= 15 is 0 Å². The lowest BCUT2D eigenvalue weighted by Crippen LogP contribution is -2.12. The second-order valence-electron chi connectivity index (χ2n) is 6.80. The van der Waals surface area contributed by atoms with E-state index in [1.807, 2.05) is 54.6 Å². The van der Waals surface area contributed by atoms with Gasteiger partial charge in [-0.15, -0.1) is 0 Å². The average molecular weight is 399 g/mol. The third-order valence-corrected chi connectivity index (χ3v) is 4.68. The first-order chi connectivity index (χ1) is 14.6. The minimum atomic E-state index is -0.272. The number of ether oxygens (including phenoxy) is 1. The quantitative estimate of drug-likeness (QED) is 0.466. The second-order valence-corrected chi connectivity index (χ2v) is 6.80. The van der Waals surface area contributed by atoms with Gasteiger partial charge in [0.05, 0.1) is 19.2 Å². The van der Waals surface area contributed by atoms with Crippen LogP contribution in [-0.4, -0.2) is 27.9 Å². The molecule has 4 aromatic rings. The lowest BCUT2D eigenvalue weighted by atomic mass is 10.1. The zero-order valence-electron chi connectivity index (χ0n) is 16.4. The molecule has 4 rings (SSSR count). The number of anilines is 1. The number of amides is 1. The highest BCUT2D eigenvalue weighted by atomic mass is 16.5. The van der Waals surface area contributed by atoms with E-state index < -0.39 is 0 Å². The van der Waals surface area contributed by atoms with Gasteiger partial charge < -0.3 is 15.2 Å². The van der Waals surface area contributed by atoms with Gasteiger partial charge in [0.25, 0.3) is 5.91 Å². The molecule has 0 bridgehead atoms. The molecule has 0 unspecified atom stereocenters. The highest BCUT2D eigenvalue weighted by Gasteiger charge is 2.18. The normalized spacial score (nSPS) is 10.6. The summed E-state index contributed by atoms with van der Waals surface area (Å²) in [5, 5.41) is 17.0. The van der Waals surface area contributed by atoms with Gasteiger partial charge >= 0.3 is 0 Å². The summed E-state index contributed by atoms with van der Waals surface area (Å²) in [5.41, 5.74) is 3.55. The monoisotopic (exact) mass is 399 g/mol. The average Bonchev–Trinajstić information content (AvgIpc) is 3.20. The SMILES string of the molecule is COc1ccc(-c2nn(Cc3ccccc3)cc2C(=O)Nc2ccc(O)cc2)cc1. The molecule has 30 heavy (non-hydrogen) atoms. The number of aromatic hydroxyl groups is 1. The van der Waals surface area contributed by atoms with Crippen LogP contribution < -0.4 is 10.1 Å². The molecule has 0 spiro atoms. The Morgan fingerprint density at radius 3 is 2.37 bits per heavy atom. The van der Waals surface area contributed by atoms with Crippen LogP contribution >= 0.6 is 0 Å². The van der Waals surface area contributed by atoms with Gasteiger partial charge in [0.15, 0.2) is 0 Å². The van der Waals surface area contributed by atoms with Crippen LogP contribution in [0.1, 0.15) is 15.9 Å². The van der Waals surface area contributed by atoms with Crippen LogP contribution in [0, 0.1) is 0 Å². The number of phenols is 1. The number of hydrogen-bond donors (Lipinski definition) is 2. The Hall–Kier alpha value is -4.06. The van der Waals surface area contributed by atoms with Gasteiger partial charge in [0.1, 0.15) is 17.2 Å². The van der Waals surface area contributed by atoms with Crippen molar-refractivity contribution in [3.63, 3.8) is 0 Å². The Kier molecular flexibility index (Phi) is 5.48. The van der Waals surface area contributed by atoms with Crippen molar-refractivity contribution in [1.82, 2.24) is 9.78 Å². The van der Waals surface area contributed by atoms with Crippen molar-refractivity contribution in [2.45, 2.75) is 6.54 Å². The second kappa shape index (κ2) is 8.53. The number of carbonyl (C=O) groups is 1. The molecule has 2 N–H and O–H groups in total. The molecule has 0 aliphatic rings. The Morgan fingerprint density at radius 1 is 1.00 bits per heavy atom. The van der Waals surface area contributed by atoms with E-state index in [9.17, 15) is 9.90 Å². The fourth-order valence-electron chi connectivity index (χ4n) is 3.14. The van der Waals surface area contributed by atoms with Gasteiger partial charge in [-0.3, -0.25) is 9.48 Å². The van der Waals surface area contributed by atoms with E-state index in [1.54, 1.807) is 30.1 Å². The molecule has 1 aromatic heterocycles. The van der Waals surface area contributed by atoms with Crippen molar-refractivity contribution in [3.05, 3.63) is 96.2 Å². The van der Waals surface area contributed by atoms with E-state index in [4.69, 9.17) is 4.74 Å². The largest absolute Gasteiger partial charge is 0.508 e. The Balaban J connectivity index is 1.68. The highest BCUT2D eigenvalue weighted by Crippen LogP contribution is 2.26. The molecule has 0 aliphatic heterocycles. The molecule has 0 fully saturated rings. The number of benzene rings is 3. The molecule has 150 valence electrons. The van der Waals surface area contributed by atoms with Gasteiger partial charge in [-0.05, 0) is 54.1 Å². The van der Waals surface area contributed by atoms with Gasteiger partial charge in [-0.2, -0.15) is 5.10 Å². The van der Waals surface area contributed by atoms with E-state index in [0.29, 0.717) is 23.5 Å². The Bertz CT molecular complexity index is 1130. The van der Waals surface area contributed by atoms with Crippen molar-refractivity contribution in [3.8, 4) is 22.8 Å². The van der Waals surface area contributed by atoms with E-state index in [2.05, 4.69) is 10.4 Å². The fraction of sp³-hybridized carbons (Fsp3) is 0.0833. The molecule has 0 saturated heterocycles. The third-order valence-electron chi connectivity index (χ3n) is 4.68. The molecule has 1 amide bonds. The summed E-state index contributed by atoms with van der Waals surface area (Å²) >= 11 is 0. The van der Waals surface area contributed by atoms with Crippen LogP contribution in [0.2, 0.25) is 0 Å². The molecule has 0 aliphatic carbocycles. The summed E-state index contributed by atoms with van der Waals surface area (Å²) in [6.45, 7) is 0.552. The number of phenolic OH excluding ortho intramolecular Hbond substituents is 1. The zero-order chi connectivity index (χ0) is 20.9. The summed E-state index contributed by atoms with van der Waals surface area (Å²) < 4.78 is 6.99. The van der Waals surface area contributed by atoms with Crippen LogP contribution in [-0.2, 0) is 6.54 Å². The van der Waals surface area contributed by atoms with Crippen LogP contribution in [0.5, 0.6) is 11.5 Å². The van der Waals surface area contributed by atoms with E-state index in [-0.39, 0.29) is 11.7 Å². The number of carbonyl (C=O) groups excluding carboxylic acids is 1. The number of hydrogen-bond acceptors (Lipinski definition) is 4.